The maximum absolute atomic E-state index is 13.0. The third kappa shape index (κ3) is 5.40. The molecule has 1 unspecified atom stereocenters. The van der Waals surface area contributed by atoms with Gasteiger partial charge >= 0.3 is 0 Å². The summed E-state index contributed by atoms with van der Waals surface area (Å²) in [5, 5.41) is 11.1. The first-order valence-electron chi connectivity index (χ1n) is 10.7. The molecule has 1 N–H and O–H groups in total. The molecule has 7 heteroatoms. The van der Waals surface area contributed by atoms with Crippen LogP contribution in [-0.4, -0.2) is 60.4 Å². The van der Waals surface area contributed by atoms with Crippen molar-refractivity contribution in [2.75, 3.05) is 33.8 Å². The minimum absolute atomic E-state index is 0.107. The molecular formula is C25H29BrN2O4. The summed E-state index contributed by atoms with van der Waals surface area (Å²) in [5.41, 5.74) is 1.35. The van der Waals surface area contributed by atoms with E-state index in [2.05, 4.69) is 22.9 Å². The quantitative estimate of drug-likeness (QED) is 0.235. The summed E-state index contributed by atoms with van der Waals surface area (Å²) in [5.74, 6) is -0.701. The summed E-state index contributed by atoms with van der Waals surface area (Å²) in [7, 11) is 3.83. The van der Waals surface area contributed by atoms with Gasteiger partial charge in [-0.2, -0.15) is 0 Å². The van der Waals surface area contributed by atoms with Gasteiger partial charge in [0.25, 0.3) is 11.7 Å². The fourth-order valence-corrected chi connectivity index (χ4v) is 3.87. The molecule has 170 valence electrons. The van der Waals surface area contributed by atoms with Gasteiger partial charge < -0.3 is 19.6 Å². The Hall–Kier alpha value is -2.64. The van der Waals surface area contributed by atoms with Crippen molar-refractivity contribution in [1.82, 2.24) is 9.80 Å². The number of Topliss-reactive ketones (excluding diaryl/α,β-unsaturated/α-hetero) is 1. The van der Waals surface area contributed by atoms with Gasteiger partial charge in [0.05, 0.1) is 18.2 Å². The van der Waals surface area contributed by atoms with Crippen LogP contribution in [0, 0.1) is 0 Å². The molecule has 1 atom stereocenters. The van der Waals surface area contributed by atoms with Crippen LogP contribution in [0.5, 0.6) is 5.75 Å². The number of likely N-dealkylation sites (tertiary alicyclic amines) is 1. The first-order valence-corrected chi connectivity index (χ1v) is 11.5. The molecule has 2 aromatic carbocycles. The third-order valence-corrected chi connectivity index (χ3v) is 5.94. The lowest BCUT2D eigenvalue weighted by Crippen LogP contribution is -2.35. The Morgan fingerprint density at radius 1 is 1.09 bits per heavy atom. The van der Waals surface area contributed by atoms with Crippen LogP contribution in [-0.2, 0) is 9.59 Å². The molecule has 0 aliphatic carbocycles. The number of aliphatic hydroxyl groups is 1. The van der Waals surface area contributed by atoms with Gasteiger partial charge in [0.15, 0.2) is 0 Å². The second kappa shape index (κ2) is 10.8. The number of rotatable bonds is 9. The molecule has 0 spiro atoms. The monoisotopic (exact) mass is 500 g/mol. The van der Waals surface area contributed by atoms with Crippen LogP contribution >= 0.6 is 15.9 Å². The maximum atomic E-state index is 13.0. The number of carbonyl (C=O) groups is 2. The lowest BCUT2D eigenvalue weighted by Gasteiger charge is -2.26. The molecule has 32 heavy (non-hydrogen) atoms. The summed E-state index contributed by atoms with van der Waals surface area (Å²) in [6.45, 7) is 3.71. The van der Waals surface area contributed by atoms with Crippen LogP contribution in [0.15, 0.2) is 58.6 Å². The molecule has 0 aromatic heterocycles. The molecule has 6 nitrogen and oxygen atoms in total. The van der Waals surface area contributed by atoms with E-state index in [1.165, 1.54) is 0 Å². The van der Waals surface area contributed by atoms with Gasteiger partial charge in [-0.3, -0.25) is 9.59 Å². The number of aliphatic hydroxyl groups excluding tert-OH is 1. The van der Waals surface area contributed by atoms with E-state index in [-0.39, 0.29) is 11.3 Å². The normalized spacial score (nSPS) is 17.9. The van der Waals surface area contributed by atoms with E-state index in [9.17, 15) is 14.7 Å². The van der Waals surface area contributed by atoms with Crippen molar-refractivity contribution in [2.45, 2.75) is 25.8 Å². The zero-order valence-electron chi connectivity index (χ0n) is 18.7. The van der Waals surface area contributed by atoms with Crippen molar-refractivity contribution in [3.8, 4) is 5.75 Å². The van der Waals surface area contributed by atoms with Crippen LogP contribution in [0.25, 0.3) is 5.76 Å². The van der Waals surface area contributed by atoms with Gasteiger partial charge in [0.1, 0.15) is 11.5 Å². The highest BCUT2D eigenvalue weighted by Crippen LogP contribution is 2.39. The standard InChI is InChI=1S/C25H29BrN2O4/c1-4-5-16-32-20-12-8-17(9-13-20)22-21(23(29)18-6-10-19(26)11-7-18)24(30)25(31)28(22)15-14-27(2)3/h6-13,22,29H,4-5,14-16H2,1-3H3/b23-21+. The fourth-order valence-electron chi connectivity index (χ4n) is 3.61. The minimum Gasteiger partial charge on any atom is -0.507 e. The van der Waals surface area contributed by atoms with Crippen LogP contribution in [0.1, 0.15) is 36.9 Å². The van der Waals surface area contributed by atoms with E-state index in [1.54, 1.807) is 29.2 Å². The highest BCUT2D eigenvalue weighted by molar-refractivity contribution is 9.10. The first-order chi connectivity index (χ1) is 15.3. The number of hydrogen-bond acceptors (Lipinski definition) is 5. The smallest absolute Gasteiger partial charge is 0.295 e. The van der Waals surface area contributed by atoms with E-state index in [0.717, 1.165) is 28.6 Å². The number of unbranched alkanes of at least 4 members (excludes halogenated alkanes) is 1. The second-order valence-corrected chi connectivity index (χ2v) is 8.99. The fraction of sp³-hybridized carbons (Fsp3) is 0.360. The first kappa shape index (κ1) is 24.0. The van der Waals surface area contributed by atoms with Gasteiger partial charge in [0.2, 0.25) is 0 Å². The summed E-state index contributed by atoms with van der Waals surface area (Å²) < 4.78 is 6.60. The van der Waals surface area contributed by atoms with Crippen LogP contribution in [0.2, 0.25) is 0 Å². The maximum Gasteiger partial charge on any atom is 0.295 e. The molecule has 0 bridgehead atoms. The Kier molecular flexibility index (Phi) is 8.10. The lowest BCUT2D eigenvalue weighted by atomic mass is 9.95. The molecule has 3 rings (SSSR count). The van der Waals surface area contributed by atoms with E-state index < -0.39 is 17.7 Å². The summed E-state index contributed by atoms with van der Waals surface area (Å²) in [6.07, 6.45) is 2.02. The van der Waals surface area contributed by atoms with E-state index in [1.807, 2.05) is 43.3 Å². The highest BCUT2D eigenvalue weighted by atomic mass is 79.9. The molecule has 1 aliphatic rings. The number of likely N-dealkylation sites (N-methyl/N-ethyl adjacent to an activating group) is 1. The zero-order valence-corrected chi connectivity index (χ0v) is 20.3. The number of amides is 1. The van der Waals surface area contributed by atoms with Gasteiger partial charge in [0, 0.05) is 23.1 Å². The number of ketones is 1. The SMILES string of the molecule is CCCCOc1ccc(C2/C(=C(\O)c3ccc(Br)cc3)C(=O)C(=O)N2CCN(C)C)cc1. The molecule has 0 saturated carbocycles. The molecule has 2 aromatic rings. The Bertz CT molecular complexity index is 984. The minimum atomic E-state index is -0.669. The molecule has 1 aliphatic heterocycles. The second-order valence-electron chi connectivity index (χ2n) is 8.07. The summed E-state index contributed by atoms with van der Waals surface area (Å²) in [4.78, 5) is 29.4. The predicted molar refractivity (Wildman–Crippen MR) is 129 cm³/mol. The molecular weight excluding hydrogens is 472 g/mol. The van der Waals surface area contributed by atoms with E-state index >= 15 is 0 Å². The molecule has 1 saturated heterocycles. The van der Waals surface area contributed by atoms with Crippen molar-refractivity contribution in [3.05, 3.63) is 69.7 Å². The predicted octanol–water partition coefficient (Wildman–Crippen LogP) is 4.61. The Labute approximate surface area is 197 Å². The van der Waals surface area contributed by atoms with Gasteiger partial charge in [-0.15, -0.1) is 0 Å². The zero-order chi connectivity index (χ0) is 23.3. The third-order valence-electron chi connectivity index (χ3n) is 5.41. The van der Waals surface area contributed by atoms with E-state index in [0.29, 0.717) is 25.3 Å². The Morgan fingerprint density at radius 2 is 1.75 bits per heavy atom. The molecule has 1 heterocycles. The number of carbonyl (C=O) groups excluding carboxylic acids is 2. The van der Waals surface area contributed by atoms with Crippen molar-refractivity contribution < 1.29 is 19.4 Å². The van der Waals surface area contributed by atoms with Gasteiger partial charge in [-0.1, -0.05) is 53.5 Å². The number of benzene rings is 2. The average Bonchev–Trinajstić information content (AvgIpc) is 3.03. The summed E-state index contributed by atoms with van der Waals surface area (Å²) >= 11 is 3.38. The summed E-state index contributed by atoms with van der Waals surface area (Å²) in [6, 6.07) is 13.7. The number of nitrogens with zero attached hydrogens (tertiary/aromatic N) is 2. The molecule has 1 amide bonds. The average molecular weight is 501 g/mol. The topological polar surface area (TPSA) is 70.1 Å². The van der Waals surface area contributed by atoms with Gasteiger partial charge in [-0.25, -0.2) is 0 Å². The van der Waals surface area contributed by atoms with Gasteiger partial charge in [-0.05, 0) is 50.3 Å². The van der Waals surface area contributed by atoms with Crippen molar-refractivity contribution in [1.29, 1.82) is 0 Å². The van der Waals surface area contributed by atoms with Crippen LogP contribution in [0.3, 0.4) is 0 Å². The van der Waals surface area contributed by atoms with Crippen molar-refractivity contribution in [3.63, 3.8) is 0 Å². The highest BCUT2D eigenvalue weighted by Gasteiger charge is 2.45. The number of ether oxygens (including phenoxy) is 1. The number of halogens is 1. The number of hydrogen-bond donors (Lipinski definition) is 1. The van der Waals surface area contributed by atoms with Crippen LogP contribution < -0.4 is 4.74 Å². The lowest BCUT2D eigenvalue weighted by molar-refractivity contribution is -0.140. The molecule has 1 fully saturated rings. The van der Waals surface area contributed by atoms with E-state index in [4.69, 9.17) is 4.74 Å². The molecule has 0 radical (unpaired) electrons. The Morgan fingerprint density at radius 3 is 2.34 bits per heavy atom. The van der Waals surface area contributed by atoms with Crippen molar-refractivity contribution >= 4 is 33.4 Å². The Balaban J connectivity index is 2.02. The van der Waals surface area contributed by atoms with Crippen LogP contribution in [0.4, 0.5) is 0 Å². The van der Waals surface area contributed by atoms with Crippen molar-refractivity contribution in [2.24, 2.45) is 0 Å². The largest absolute Gasteiger partial charge is 0.507 e.